The van der Waals surface area contributed by atoms with Crippen molar-refractivity contribution >= 4 is 28.8 Å². The van der Waals surface area contributed by atoms with Gasteiger partial charge in [0.25, 0.3) is 5.56 Å². The van der Waals surface area contributed by atoms with Crippen LogP contribution in [0, 0.1) is 5.92 Å². The molecule has 2 aromatic heterocycles. The minimum atomic E-state index is -0.232. The molecule has 2 aliphatic rings. The fourth-order valence-electron chi connectivity index (χ4n) is 5.04. The summed E-state index contributed by atoms with van der Waals surface area (Å²) in [4.78, 5) is 41.6. The number of hydrogen-bond donors (Lipinski definition) is 1. The number of aromatic nitrogens is 1. The first-order valence-corrected chi connectivity index (χ1v) is 12.3. The van der Waals surface area contributed by atoms with Crippen molar-refractivity contribution in [3.63, 3.8) is 0 Å². The van der Waals surface area contributed by atoms with Crippen LogP contribution in [-0.4, -0.2) is 41.5 Å². The third kappa shape index (κ3) is 4.63. The number of hydrogen-bond acceptors (Lipinski definition) is 5. The summed E-state index contributed by atoms with van der Waals surface area (Å²) in [6.45, 7) is 1.86. The normalized spacial score (nSPS) is 18.8. The first kappa shape index (κ1) is 22.4. The van der Waals surface area contributed by atoms with Crippen LogP contribution in [0.4, 0.5) is 5.69 Å². The molecule has 176 valence electrons. The number of methoxy groups -OCH3 is 1. The highest BCUT2D eigenvalue weighted by molar-refractivity contribution is 7.10. The molecule has 3 aromatic rings. The lowest BCUT2D eigenvalue weighted by Gasteiger charge is -2.43. The van der Waals surface area contributed by atoms with Gasteiger partial charge in [-0.15, -0.1) is 11.3 Å². The van der Waals surface area contributed by atoms with Gasteiger partial charge in [-0.2, -0.15) is 0 Å². The predicted octanol–water partition coefficient (Wildman–Crippen LogP) is 3.29. The number of rotatable bonds is 6. The Bertz CT molecular complexity index is 1250. The van der Waals surface area contributed by atoms with Crippen molar-refractivity contribution in [1.82, 2.24) is 9.47 Å². The second-order valence-electron chi connectivity index (χ2n) is 9.01. The van der Waals surface area contributed by atoms with E-state index in [1.165, 1.54) is 0 Å². The molecule has 2 amide bonds. The number of carbonyl (C=O) groups is 2. The van der Waals surface area contributed by atoms with Crippen LogP contribution in [0.3, 0.4) is 0 Å². The fourth-order valence-corrected chi connectivity index (χ4v) is 5.74. The number of fused-ring (bicyclic) bond motifs is 4. The van der Waals surface area contributed by atoms with Gasteiger partial charge in [-0.3, -0.25) is 14.4 Å². The van der Waals surface area contributed by atoms with Crippen LogP contribution in [0.2, 0.25) is 0 Å². The fraction of sp³-hybridized carbons (Fsp3) is 0.346. The third-order valence-electron chi connectivity index (χ3n) is 6.66. The third-order valence-corrected chi connectivity index (χ3v) is 7.54. The van der Waals surface area contributed by atoms with E-state index < -0.39 is 0 Å². The summed E-state index contributed by atoms with van der Waals surface area (Å²) in [5, 5.41) is 4.78. The molecule has 1 saturated heterocycles. The number of anilines is 1. The average Bonchev–Trinajstić information content (AvgIpc) is 3.34. The molecule has 8 heteroatoms. The smallest absolute Gasteiger partial charge is 0.274 e. The maximum atomic E-state index is 13.2. The SMILES string of the molecule is COc1ccc(CC(=O)Nc2ccc3n(c2=O)CC2CC3CN(C(=O)Cc3cccs3)C2)cc1. The highest BCUT2D eigenvalue weighted by Crippen LogP contribution is 2.35. The molecule has 0 radical (unpaired) electrons. The van der Waals surface area contributed by atoms with E-state index in [1.807, 2.05) is 52.7 Å². The van der Waals surface area contributed by atoms with E-state index in [4.69, 9.17) is 4.74 Å². The van der Waals surface area contributed by atoms with E-state index in [0.717, 1.165) is 28.3 Å². The maximum absolute atomic E-state index is 13.2. The van der Waals surface area contributed by atoms with E-state index in [9.17, 15) is 14.4 Å². The number of benzene rings is 1. The van der Waals surface area contributed by atoms with Gasteiger partial charge in [0.1, 0.15) is 11.4 Å². The summed E-state index contributed by atoms with van der Waals surface area (Å²) >= 11 is 1.60. The second-order valence-corrected chi connectivity index (χ2v) is 10.0. The molecule has 1 N–H and O–H groups in total. The first-order chi connectivity index (χ1) is 16.5. The van der Waals surface area contributed by atoms with Crippen LogP contribution < -0.4 is 15.6 Å². The lowest BCUT2D eigenvalue weighted by Crippen LogP contribution is -2.49. The Labute approximate surface area is 202 Å². The summed E-state index contributed by atoms with van der Waals surface area (Å²) in [5.41, 5.74) is 1.92. The van der Waals surface area contributed by atoms with Crippen molar-refractivity contribution in [2.24, 2.45) is 5.92 Å². The van der Waals surface area contributed by atoms with Gasteiger partial charge in [0.15, 0.2) is 0 Å². The maximum Gasteiger partial charge on any atom is 0.274 e. The van der Waals surface area contributed by atoms with Crippen molar-refractivity contribution in [2.75, 3.05) is 25.5 Å². The topological polar surface area (TPSA) is 80.6 Å². The quantitative estimate of drug-likeness (QED) is 0.591. The van der Waals surface area contributed by atoms with Gasteiger partial charge in [0.05, 0.1) is 20.0 Å². The van der Waals surface area contributed by atoms with Crippen LogP contribution in [0.5, 0.6) is 5.75 Å². The zero-order valence-electron chi connectivity index (χ0n) is 19.0. The molecule has 0 aliphatic carbocycles. The van der Waals surface area contributed by atoms with Gasteiger partial charge < -0.3 is 19.5 Å². The van der Waals surface area contributed by atoms with Crippen molar-refractivity contribution in [2.45, 2.75) is 31.7 Å². The Morgan fingerprint density at radius 2 is 1.88 bits per heavy atom. The molecule has 34 heavy (non-hydrogen) atoms. The number of ether oxygens (including phenoxy) is 1. The molecule has 2 atom stereocenters. The monoisotopic (exact) mass is 477 g/mol. The van der Waals surface area contributed by atoms with E-state index in [-0.39, 0.29) is 35.6 Å². The molecule has 0 spiro atoms. The zero-order valence-corrected chi connectivity index (χ0v) is 19.8. The molecule has 2 aliphatic heterocycles. The number of likely N-dealkylation sites (tertiary alicyclic amines) is 1. The number of amides is 2. The Morgan fingerprint density at radius 1 is 1.06 bits per heavy atom. The summed E-state index contributed by atoms with van der Waals surface area (Å²) in [7, 11) is 1.60. The van der Waals surface area contributed by atoms with Gasteiger partial charge >= 0.3 is 0 Å². The predicted molar refractivity (Wildman–Crippen MR) is 131 cm³/mol. The lowest BCUT2D eigenvalue weighted by atomic mass is 9.83. The van der Waals surface area contributed by atoms with Crippen molar-refractivity contribution in [3.8, 4) is 5.75 Å². The Hall–Kier alpha value is -3.39. The molecular formula is C26H27N3O4S. The highest BCUT2D eigenvalue weighted by Gasteiger charge is 2.36. The number of carbonyl (C=O) groups excluding carboxylic acids is 2. The summed E-state index contributed by atoms with van der Waals surface area (Å²) in [6, 6.07) is 14.9. The molecule has 7 nitrogen and oxygen atoms in total. The Balaban J connectivity index is 1.28. The van der Waals surface area contributed by atoms with Crippen LogP contribution in [0.25, 0.3) is 0 Å². The summed E-state index contributed by atoms with van der Waals surface area (Å²) in [6.07, 6.45) is 1.59. The number of pyridine rings is 1. The van der Waals surface area contributed by atoms with E-state index >= 15 is 0 Å². The highest BCUT2D eigenvalue weighted by atomic mass is 32.1. The Morgan fingerprint density at radius 3 is 2.62 bits per heavy atom. The molecule has 1 fully saturated rings. The van der Waals surface area contributed by atoms with Crippen molar-refractivity contribution < 1.29 is 14.3 Å². The van der Waals surface area contributed by atoms with Gasteiger partial charge in [0.2, 0.25) is 11.8 Å². The second kappa shape index (κ2) is 9.46. The largest absolute Gasteiger partial charge is 0.497 e. The van der Waals surface area contributed by atoms with Crippen LogP contribution >= 0.6 is 11.3 Å². The lowest BCUT2D eigenvalue weighted by molar-refractivity contribution is -0.133. The number of piperidine rings is 1. The average molecular weight is 478 g/mol. The van der Waals surface area contributed by atoms with Gasteiger partial charge in [-0.25, -0.2) is 0 Å². The molecular weight excluding hydrogens is 450 g/mol. The number of thiophene rings is 1. The molecule has 2 unspecified atom stereocenters. The van der Waals surface area contributed by atoms with E-state index in [0.29, 0.717) is 31.7 Å². The van der Waals surface area contributed by atoms with Gasteiger partial charge in [-0.1, -0.05) is 18.2 Å². The summed E-state index contributed by atoms with van der Waals surface area (Å²) < 4.78 is 6.94. The Kier molecular flexibility index (Phi) is 6.24. The molecule has 2 bridgehead atoms. The zero-order chi connectivity index (χ0) is 23.7. The van der Waals surface area contributed by atoms with Crippen molar-refractivity contribution in [3.05, 3.63) is 80.4 Å². The van der Waals surface area contributed by atoms with E-state index in [2.05, 4.69) is 5.32 Å². The van der Waals surface area contributed by atoms with Crippen LogP contribution in [0.1, 0.15) is 28.5 Å². The first-order valence-electron chi connectivity index (χ1n) is 11.5. The van der Waals surface area contributed by atoms with Crippen LogP contribution in [0.15, 0.2) is 58.7 Å². The van der Waals surface area contributed by atoms with Crippen molar-refractivity contribution in [1.29, 1.82) is 0 Å². The molecule has 5 rings (SSSR count). The molecule has 4 heterocycles. The van der Waals surface area contributed by atoms with Gasteiger partial charge in [0, 0.05) is 36.1 Å². The van der Waals surface area contributed by atoms with Gasteiger partial charge in [-0.05, 0) is 53.6 Å². The minimum Gasteiger partial charge on any atom is -0.497 e. The minimum absolute atomic E-state index is 0.136. The standard InChI is InChI=1S/C26H27N3O4S/c1-33-20-6-4-17(5-7-20)12-24(30)27-22-8-9-23-19-11-18(15-29(23)26(22)32)14-28(16-19)25(31)13-21-3-2-10-34-21/h2-10,18-19H,11-16H2,1H3,(H,27,30). The van der Waals surface area contributed by atoms with Crippen LogP contribution in [-0.2, 0) is 29.0 Å². The number of nitrogens with zero attached hydrogens (tertiary/aromatic N) is 2. The van der Waals surface area contributed by atoms with E-state index in [1.54, 1.807) is 29.1 Å². The summed E-state index contributed by atoms with van der Waals surface area (Å²) in [5.74, 6) is 1.02. The molecule has 1 aromatic carbocycles. The number of nitrogens with one attached hydrogen (secondary N) is 1. The molecule has 0 saturated carbocycles.